The monoisotopic (exact) mass is 429 g/mol. The van der Waals surface area contributed by atoms with Gasteiger partial charge in [-0.15, -0.1) is 0 Å². The van der Waals surface area contributed by atoms with Gasteiger partial charge in [-0.2, -0.15) is 4.31 Å². The molecule has 0 amide bonds. The highest BCUT2D eigenvalue weighted by Gasteiger charge is 2.41. The van der Waals surface area contributed by atoms with Crippen LogP contribution in [0.2, 0.25) is 0 Å². The molecule has 0 aliphatic carbocycles. The molecule has 0 spiro atoms. The van der Waals surface area contributed by atoms with Crippen molar-refractivity contribution in [2.45, 2.75) is 70.9 Å². The summed E-state index contributed by atoms with van der Waals surface area (Å²) >= 11 is 0. The van der Waals surface area contributed by atoms with Gasteiger partial charge in [0, 0.05) is 19.2 Å². The average molecular weight is 430 g/mol. The summed E-state index contributed by atoms with van der Waals surface area (Å²) < 4.78 is 59.0. The molecule has 1 aromatic carbocycles. The van der Waals surface area contributed by atoms with Crippen LogP contribution in [-0.4, -0.2) is 57.9 Å². The Morgan fingerprint density at radius 3 is 2.00 bits per heavy atom. The van der Waals surface area contributed by atoms with Crippen LogP contribution < -0.4 is 0 Å². The summed E-state index contributed by atoms with van der Waals surface area (Å²) in [5, 5.41) is 0. The van der Waals surface area contributed by atoms with Gasteiger partial charge in [-0.05, 0) is 81.7 Å². The predicted molar refractivity (Wildman–Crippen MR) is 110 cm³/mol. The maximum Gasteiger partial charge on any atom is 0.243 e. The molecule has 2 atom stereocenters. The molecule has 2 aliphatic heterocycles. The molecular formula is C20H31NO5S2. The van der Waals surface area contributed by atoms with E-state index in [1.54, 1.807) is 0 Å². The fourth-order valence-corrected chi connectivity index (χ4v) is 8.48. The lowest BCUT2D eigenvalue weighted by Crippen LogP contribution is -2.45. The van der Waals surface area contributed by atoms with Gasteiger partial charge >= 0.3 is 0 Å². The quantitative estimate of drug-likeness (QED) is 0.719. The van der Waals surface area contributed by atoms with E-state index in [9.17, 15) is 16.8 Å². The summed E-state index contributed by atoms with van der Waals surface area (Å²) in [4.78, 5) is 0.329. The third-order valence-corrected chi connectivity index (χ3v) is 10.5. The lowest BCUT2D eigenvalue weighted by molar-refractivity contribution is 0.0876. The second-order valence-electron chi connectivity index (χ2n) is 8.22. The summed E-state index contributed by atoms with van der Waals surface area (Å²) in [6.07, 6.45) is 1.87. The molecule has 0 radical (unpaired) electrons. The first-order chi connectivity index (χ1) is 13.0. The Hall–Kier alpha value is -0.960. The number of sulfonamides is 1. The number of sulfone groups is 1. The molecule has 2 fully saturated rings. The molecule has 1 aromatic rings. The minimum atomic E-state index is -3.86. The van der Waals surface area contributed by atoms with Gasteiger partial charge in [0.25, 0.3) is 0 Å². The van der Waals surface area contributed by atoms with Crippen LogP contribution in [0.3, 0.4) is 0 Å². The third-order valence-electron chi connectivity index (χ3n) is 6.52. The van der Waals surface area contributed by atoms with E-state index < -0.39 is 25.9 Å². The molecular weight excluding hydrogens is 398 g/mol. The van der Waals surface area contributed by atoms with Crippen molar-refractivity contribution in [2.75, 3.05) is 24.7 Å². The number of nitrogens with zero attached hydrogens (tertiary/aromatic N) is 1. The molecule has 0 aromatic heterocycles. The second-order valence-corrected chi connectivity index (χ2v) is 12.3. The van der Waals surface area contributed by atoms with Crippen molar-refractivity contribution in [3.63, 3.8) is 0 Å². The summed E-state index contributed by atoms with van der Waals surface area (Å²) in [7, 11) is -7.06. The zero-order valence-electron chi connectivity index (χ0n) is 17.4. The first kappa shape index (κ1) is 21.7. The third kappa shape index (κ3) is 3.88. The largest absolute Gasteiger partial charge is 0.377 e. The van der Waals surface area contributed by atoms with E-state index >= 15 is 0 Å². The first-order valence-corrected chi connectivity index (χ1v) is 13.1. The van der Waals surface area contributed by atoms with Crippen molar-refractivity contribution in [2.24, 2.45) is 0 Å². The van der Waals surface area contributed by atoms with Crippen LogP contribution in [0.25, 0.3) is 0 Å². The van der Waals surface area contributed by atoms with Crippen LogP contribution in [0.5, 0.6) is 0 Å². The van der Waals surface area contributed by atoms with Crippen molar-refractivity contribution in [3.8, 4) is 0 Å². The van der Waals surface area contributed by atoms with Gasteiger partial charge in [0.1, 0.15) is 0 Å². The van der Waals surface area contributed by atoms with Crippen LogP contribution in [0.15, 0.2) is 4.90 Å². The Balaban J connectivity index is 2.11. The molecule has 0 unspecified atom stereocenters. The van der Waals surface area contributed by atoms with Gasteiger partial charge in [0.15, 0.2) is 9.84 Å². The Morgan fingerprint density at radius 2 is 1.54 bits per heavy atom. The van der Waals surface area contributed by atoms with E-state index in [2.05, 4.69) is 0 Å². The van der Waals surface area contributed by atoms with Crippen LogP contribution in [0, 0.1) is 34.6 Å². The fraction of sp³-hybridized carbons (Fsp3) is 0.700. The van der Waals surface area contributed by atoms with Crippen LogP contribution in [-0.2, 0) is 24.6 Å². The standard InChI is InChI=1S/C20H31NO5S2/c1-13-14(2)16(4)20(17(5)15(13)3)28(24,25)21(11-19-7-6-9-26-19)18-8-10-27(22,23)12-18/h18-19H,6-12H2,1-5H3/t18-,19-/m1/s1. The average Bonchev–Trinajstić information content (AvgIpc) is 3.25. The Bertz CT molecular complexity index is 947. The molecule has 6 nitrogen and oxygen atoms in total. The molecule has 8 heteroatoms. The number of benzene rings is 1. The molecule has 28 heavy (non-hydrogen) atoms. The summed E-state index contributed by atoms with van der Waals surface area (Å²) in [5.41, 5.74) is 4.54. The van der Waals surface area contributed by atoms with E-state index in [1.165, 1.54) is 4.31 Å². The van der Waals surface area contributed by atoms with Crippen molar-refractivity contribution in [1.29, 1.82) is 0 Å². The fourth-order valence-electron chi connectivity index (χ4n) is 4.40. The molecule has 0 N–H and O–H groups in total. The topological polar surface area (TPSA) is 80.8 Å². The smallest absolute Gasteiger partial charge is 0.243 e. The maximum atomic E-state index is 13.9. The van der Waals surface area contributed by atoms with Gasteiger partial charge < -0.3 is 4.74 Å². The number of hydrogen-bond donors (Lipinski definition) is 0. The van der Waals surface area contributed by atoms with E-state index in [0.29, 0.717) is 17.9 Å². The van der Waals surface area contributed by atoms with Gasteiger partial charge in [-0.1, -0.05) is 0 Å². The van der Waals surface area contributed by atoms with Crippen LogP contribution in [0.1, 0.15) is 47.1 Å². The van der Waals surface area contributed by atoms with Crippen molar-refractivity contribution in [1.82, 2.24) is 4.31 Å². The maximum absolute atomic E-state index is 13.9. The first-order valence-electron chi connectivity index (χ1n) is 9.86. The lowest BCUT2D eigenvalue weighted by Gasteiger charge is -2.31. The zero-order valence-corrected chi connectivity index (χ0v) is 19.0. The molecule has 0 saturated carbocycles. The summed E-state index contributed by atoms with van der Waals surface area (Å²) in [6.45, 7) is 10.4. The van der Waals surface area contributed by atoms with E-state index in [4.69, 9.17) is 4.74 Å². The van der Waals surface area contributed by atoms with Crippen LogP contribution >= 0.6 is 0 Å². The lowest BCUT2D eigenvalue weighted by atomic mass is 9.95. The highest BCUT2D eigenvalue weighted by molar-refractivity contribution is 7.92. The summed E-state index contributed by atoms with van der Waals surface area (Å²) in [6, 6.07) is -0.528. The van der Waals surface area contributed by atoms with E-state index in [1.807, 2.05) is 34.6 Å². The van der Waals surface area contributed by atoms with Crippen molar-refractivity contribution >= 4 is 19.9 Å². The number of rotatable bonds is 5. The van der Waals surface area contributed by atoms with Gasteiger partial charge in [0.05, 0.1) is 22.5 Å². The molecule has 2 heterocycles. The van der Waals surface area contributed by atoms with Crippen molar-refractivity contribution < 1.29 is 21.6 Å². The molecule has 158 valence electrons. The number of ether oxygens (including phenoxy) is 1. The van der Waals surface area contributed by atoms with Gasteiger partial charge in [-0.3, -0.25) is 0 Å². The van der Waals surface area contributed by atoms with E-state index in [-0.39, 0.29) is 24.2 Å². The zero-order chi connectivity index (χ0) is 20.9. The van der Waals surface area contributed by atoms with E-state index in [0.717, 1.165) is 40.7 Å². The minimum Gasteiger partial charge on any atom is -0.377 e. The highest BCUT2D eigenvalue weighted by atomic mass is 32.2. The summed E-state index contributed by atoms with van der Waals surface area (Å²) in [5.74, 6) is -0.0694. The number of hydrogen-bond acceptors (Lipinski definition) is 5. The Labute approximate surface area is 169 Å². The molecule has 0 bridgehead atoms. The highest BCUT2D eigenvalue weighted by Crippen LogP contribution is 2.34. The second kappa shape index (κ2) is 7.70. The predicted octanol–water partition coefficient (Wildman–Crippen LogP) is 2.59. The normalized spacial score (nSPS) is 24.9. The van der Waals surface area contributed by atoms with Gasteiger partial charge in [0.2, 0.25) is 10.0 Å². The molecule has 2 aliphatic rings. The SMILES string of the molecule is Cc1c(C)c(C)c(S(=O)(=O)N(C[C@H]2CCCO2)[C@@H]2CCS(=O)(=O)C2)c(C)c1C. The molecule has 2 saturated heterocycles. The van der Waals surface area contributed by atoms with Crippen molar-refractivity contribution in [3.05, 3.63) is 27.8 Å². The Kier molecular flexibility index (Phi) is 5.98. The molecule has 3 rings (SSSR count). The minimum absolute atomic E-state index is 0.0408. The van der Waals surface area contributed by atoms with Crippen LogP contribution in [0.4, 0.5) is 0 Å². The van der Waals surface area contributed by atoms with Gasteiger partial charge in [-0.25, -0.2) is 16.8 Å². The Morgan fingerprint density at radius 1 is 0.964 bits per heavy atom.